The molecule has 2 saturated heterocycles. The highest BCUT2D eigenvalue weighted by atomic mass is 79.9. The van der Waals surface area contributed by atoms with Gasteiger partial charge in [0, 0.05) is 13.0 Å². The molecule has 0 spiro atoms. The van der Waals surface area contributed by atoms with Crippen molar-refractivity contribution in [2.75, 3.05) is 32.8 Å². The number of hydrogen-bond donors (Lipinski definition) is 2. The Kier molecular flexibility index (Phi) is 11.6. The molecule has 14 heteroatoms. The summed E-state index contributed by atoms with van der Waals surface area (Å²) in [4.78, 5) is 22.2. The lowest BCUT2D eigenvalue weighted by Gasteiger charge is -2.38. The van der Waals surface area contributed by atoms with Gasteiger partial charge in [-0.15, -0.1) is 5.54 Å². The van der Waals surface area contributed by atoms with Crippen LogP contribution in [-0.4, -0.2) is 80.0 Å². The molecular weight excluding hydrogens is 696 g/mol. The van der Waals surface area contributed by atoms with E-state index in [0.717, 1.165) is 19.4 Å². The average molecular weight is 738 g/mol. The Bertz CT molecular complexity index is 1480. The number of rotatable bonds is 12. The zero-order valence-electron chi connectivity index (χ0n) is 26.5. The molecule has 0 unspecified atom stereocenters. The van der Waals surface area contributed by atoms with E-state index < -0.39 is 50.2 Å². The molecule has 1 aromatic carbocycles. The second kappa shape index (κ2) is 14.5. The Hall–Kier alpha value is -1.85. The fourth-order valence-corrected chi connectivity index (χ4v) is 13.2. The van der Waals surface area contributed by atoms with E-state index in [1.807, 2.05) is 0 Å². The van der Waals surface area contributed by atoms with Crippen LogP contribution < -0.4 is 20.3 Å². The summed E-state index contributed by atoms with van der Waals surface area (Å²) >= 11 is 9.59. The number of fused-ring (bicyclic) bond motifs is 2. The van der Waals surface area contributed by atoms with Crippen molar-refractivity contribution in [1.82, 2.24) is 20.2 Å². The first-order valence-corrected chi connectivity index (χ1v) is 18.8. The Morgan fingerprint density at radius 3 is 2.49 bits per heavy atom. The SMILES string of the molecule is CC(C)[Si](C#C[C@@H](COc1c(Cl)c(Br)c(F)c2nc(OC[C@@]34CCCN3C[C@H](F)C4)[nH]c(=O)c12)NCC(F)F)(C(C)C)C(C)C. The minimum atomic E-state index is -2.62. The Morgan fingerprint density at radius 2 is 1.87 bits per heavy atom. The summed E-state index contributed by atoms with van der Waals surface area (Å²) in [6.45, 7) is 13.2. The first-order valence-electron chi connectivity index (χ1n) is 15.4. The third-order valence-electron chi connectivity index (χ3n) is 9.40. The van der Waals surface area contributed by atoms with Crippen molar-refractivity contribution in [2.45, 2.75) is 102 Å². The lowest BCUT2D eigenvalue weighted by molar-refractivity contribution is 0.107. The number of halogens is 6. The van der Waals surface area contributed by atoms with E-state index >= 15 is 4.39 Å². The molecule has 2 N–H and O–H groups in total. The van der Waals surface area contributed by atoms with Crippen LogP contribution >= 0.6 is 27.5 Å². The van der Waals surface area contributed by atoms with E-state index in [-0.39, 0.29) is 45.4 Å². The average Bonchev–Trinajstić information content (AvgIpc) is 3.48. The van der Waals surface area contributed by atoms with Gasteiger partial charge >= 0.3 is 0 Å². The van der Waals surface area contributed by atoms with Crippen molar-refractivity contribution in [2.24, 2.45) is 0 Å². The summed E-state index contributed by atoms with van der Waals surface area (Å²) in [6.07, 6.45) is -1.61. The first-order chi connectivity index (χ1) is 21.1. The van der Waals surface area contributed by atoms with Gasteiger partial charge in [0.05, 0.1) is 16.6 Å². The minimum absolute atomic E-state index is 0.0890. The smallest absolute Gasteiger partial charge is 0.297 e. The highest BCUT2D eigenvalue weighted by Crippen LogP contribution is 2.43. The number of benzene rings is 1. The van der Waals surface area contributed by atoms with Gasteiger partial charge < -0.3 is 9.47 Å². The number of H-pyrrole nitrogens is 1. The number of hydrogen-bond acceptors (Lipinski definition) is 6. The van der Waals surface area contributed by atoms with Gasteiger partial charge in [0.1, 0.15) is 49.4 Å². The van der Waals surface area contributed by atoms with Crippen LogP contribution in [0, 0.1) is 17.3 Å². The molecule has 2 aliphatic heterocycles. The Labute approximate surface area is 276 Å². The first kappa shape index (κ1) is 36.0. The van der Waals surface area contributed by atoms with Gasteiger partial charge in [-0.25, -0.2) is 17.6 Å². The van der Waals surface area contributed by atoms with Crippen LogP contribution in [0.5, 0.6) is 11.8 Å². The van der Waals surface area contributed by atoms with Gasteiger partial charge in [-0.1, -0.05) is 59.1 Å². The van der Waals surface area contributed by atoms with Gasteiger partial charge in [0.2, 0.25) is 0 Å². The van der Waals surface area contributed by atoms with Crippen molar-refractivity contribution < 1.29 is 27.0 Å². The molecule has 0 aliphatic carbocycles. The summed E-state index contributed by atoms with van der Waals surface area (Å²) in [7, 11) is -2.20. The number of ether oxygens (including phenoxy) is 2. The molecule has 2 fully saturated rings. The van der Waals surface area contributed by atoms with Gasteiger partial charge in [-0.3, -0.25) is 20.0 Å². The standard InChI is InChI=1S/C31H42BrClF4N4O3Si/c1-17(2)45(18(3)4,19(5)6)11-8-21(38-13-22(35)36)15-43-28-23-27(26(37)24(32)25(28)33)39-30(40-29(23)42)44-16-31-9-7-10-41(31)14-20(34)12-31/h17-22,38H,7,9-10,12-16H2,1-6H3,(H,39,40,42)/t20-,21+,31+/m1/s1. The van der Waals surface area contributed by atoms with Gasteiger partial charge in [0.25, 0.3) is 18.0 Å². The number of aromatic nitrogens is 2. The molecule has 7 nitrogen and oxygen atoms in total. The molecule has 0 amide bonds. The molecule has 250 valence electrons. The maximum Gasteiger partial charge on any atom is 0.297 e. The largest absolute Gasteiger partial charge is 0.488 e. The molecule has 0 radical (unpaired) electrons. The second-order valence-corrected chi connectivity index (χ2v) is 19.8. The van der Waals surface area contributed by atoms with Crippen molar-refractivity contribution in [1.29, 1.82) is 0 Å². The lowest BCUT2D eigenvalue weighted by Crippen LogP contribution is -2.44. The number of nitrogens with zero attached hydrogens (tertiary/aromatic N) is 2. The van der Waals surface area contributed by atoms with E-state index in [0.29, 0.717) is 29.6 Å². The van der Waals surface area contributed by atoms with E-state index in [1.165, 1.54) is 0 Å². The minimum Gasteiger partial charge on any atom is -0.488 e. The zero-order valence-corrected chi connectivity index (χ0v) is 29.8. The molecule has 0 saturated carbocycles. The van der Waals surface area contributed by atoms with Crippen molar-refractivity contribution in [3.63, 3.8) is 0 Å². The van der Waals surface area contributed by atoms with Crippen LogP contribution in [0.25, 0.3) is 10.9 Å². The van der Waals surface area contributed by atoms with Crippen LogP contribution in [0.2, 0.25) is 21.6 Å². The summed E-state index contributed by atoms with van der Waals surface area (Å²) < 4.78 is 67.8. The predicted molar refractivity (Wildman–Crippen MR) is 176 cm³/mol. The van der Waals surface area contributed by atoms with Crippen LogP contribution in [0.3, 0.4) is 0 Å². The van der Waals surface area contributed by atoms with E-state index in [9.17, 15) is 18.0 Å². The molecule has 0 bridgehead atoms. The van der Waals surface area contributed by atoms with Gasteiger partial charge in [0.15, 0.2) is 11.6 Å². The molecule has 2 aromatic rings. The maximum absolute atomic E-state index is 15.5. The normalized spacial score (nSPS) is 21.2. The van der Waals surface area contributed by atoms with Gasteiger partial charge in [-0.2, -0.15) is 4.98 Å². The second-order valence-electron chi connectivity index (χ2n) is 13.1. The van der Waals surface area contributed by atoms with Gasteiger partial charge in [-0.05, 0) is 51.9 Å². The van der Waals surface area contributed by atoms with Crippen LogP contribution in [0.1, 0.15) is 60.8 Å². The number of aromatic amines is 1. The summed E-state index contributed by atoms with van der Waals surface area (Å²) in [5.74, 6) is 2.12. The van der Waals surface area contributed by atoms with E-state index in [1.54, 1.807) is 0 Å². The third kappa shape index (κ3) is 7.35. The topological polar surface area (TPSA) is 79.5 Å². The van der Waals surface area contributed by atoms with E-state index in [2.05, 4.69) is 89.1 Å². The maximum atomic E-state index is 15.5. The molecule has 3 heterocycles. The third-order valence-corrected chi connectivity index (χ3v) is 17.0. The molecule has 1 aromatic heterocycles. The van der Waals surface area contributed by atoms with Crippen molar-refractivity contribution >= 4 is 46.5 Å². The Balaban J connectivity index is 1.66. The van der Waals surface area contributed by atoms with Crippen molar-refractivity contribution in [3.8, 4) is 23.2 Å². The quantitative estimate of drug-likeness (QED) is 0.103. The number of alkyl halides is 3. The zero-order chi connectivity index (χ0) is 33.3. The molecular formula is C31H42BrClF4N4O3Si. The highest BCUT2D eigenvalue weighted by molar-refractivity contribution is 9.10. The highest BCUT2D eigenvalue weighted by Gasteiger charge is 2.49. The summed E-state index contributed by atoms with van der Waals surface area (Å²) in [5.41, 5.74) is 2.86. The summed E-state index contributed by atoms with van der Waals surface area (Å²) in [5, 5.41) is 2.29. The van der Waals surface area contributed by atoms with Crippen molar-refractivity contribution in [3.05, 3.63) is 25.7 Å². The summed E-state index contributed by atoms with van der Waals surface area (Å²) in [6, 6.07) is -1.04. The van der Waals surface area contributed by atoms with E-state index in [4.69, 9.17) is 21.1 Å². The molecule has 3 atom stereocenters. The molecule has 45 heavy (non-hydrogen) atoms. The van der Waals surface area contributed by atoms with Crippen LogP contribution in [0.4, 0.5) is 17.6 Å². The fraction of sp³-hybridized carbons (Fsp3) is 0.677. The predicted octanol–water partition coefficient (Wildman–Crippen LogP) is 7.26. The molecule has 4 rings (SSSR count). The number of nitrogens with one attached hydrogen (secondary N) is 2. The fourth-order valence-electron chi connectivity index (χ4n) is 7.28. The van der Waals surface area contributed by atoms with Crippen LogP contribution in [0.15, 0.2) is 9.27 Å². The monoisotopic (exact) mass is 736 g/mol. The molecule has 2 aliphatic rings. The Morgan fingerprint density at radius 1 is 1.20 bits per heavy atom. The lowest BCUT2D eigenvalue weighted by atomic mass is 9.95. The van der Waals surface area contributed by atoms with Crippen LogP contribution in [-0.2, 0) is 0 Å².